The van der Waals surface area contributed by atoms with Crippen molar-refractivity contribution in [2.24, 2.45) is 0 Å². The van der Waals surface area contributed by atoms with Gasteiger partial charge in [-0.25, -0.2) is 4.79 Å². The van der Waals surface area contributed by atoms with Crippen molar-refractivity contribution in [3.63, 3.8) is 0 Å². The maximum atomic E-state index is 10.6. The summed E-state index contributed by atoms with van der Waals surface area (Å²) in [6.07, 6.45) is 1.93. The fourth-order valence-electron chi connectivity index (χ4n) is 0.986. The molecule has 16 heavy (non-hydrogen) atoms. The molecule has 0 fully saturated rings. The Kier molecular flexibility index (Phi) is 12.4. The van der Waals surface area contributed by atoms with Crippen LogP contribution in [0.4, 0.5) is 0 Å². The molecule has 0 aromatic carbocycles. The van der Waals surface area contributed by atoms with Crippen LogP contribution in [-0.2, 0) is 14.4 Å². The number of rotatable bonds is 6. The second kappa shape index (κ2) is 11.6. The van der Waals surface area contributed by atoms with Crippen LogP contribution in [0.2, 0.25) is 0 Å². The Morgan fingerprint density at radius 3 is 2.25 bits per heavy atom. The van der Waals surface area contributed by atoms with Crippen molar-refractivity contribution in [3.8, 4) is 0 Å². The molecule has 0 aliphatic rings. The standard InChI is InChI=1S/C8H16N2O3.C2H4O/c1-6(11)10-7(8(12)13)4-3-5-9-2;1-2-3/h7,9H,3-5H2,1-2H3,(H,10,11)(H,12,13);2H,1H3. The number of carbonyl (C=O) groups is 3. The minimum atomic E-state index is -0.980. The molecule has 0 rings (SSSR count). The number of carboxylic acids is 1. The van der Waals surface area contributed by atoms with Gasteiger partial charge in [0.25, 0.3) is 0 Å². The van der Waals surface area contributed by atoms with Gasteiger partial charge in [0.1, 0.15) is 12.3 Å². The average molecular weight is 232 g/mol. The van der Waals surface area contributed by atoms with Gasteiger partial charge in [-0.05, 0) is 33.4 Å². The van der Waals surface area contributed by atoms with Crippen LogP contribution in [-0.4, -0.2) is 42.9 Å². The average Bonchev–Trinajstić information content (AvgIpc) is 2.17. The van der Waals surface area contributed by atoms with E-state index in [1.54, 1.807) is 7.05 Å². The molecule has 1 atom stereocenters. The summed E-state index contributed by atoms with van der Waals surface area (Å²) in [5, 5.41) is 14.0. The first-order valence-corrected chi connectivity index (χ1v) is 5.03. The van der Waals surface area contributed by atoms with Crippen LogP contribution in [0.3, 0.4) is 0 Å². The van der Waals surface area contributed by atoms with Gasteiger partial charge in [-0.3, -0.25) is 4.79 Å². The normalized spacial score (nSPS) is 10.7. The van der Waals surface area contributed by atoms with Crippen LogP contribution in [0, 0.1) is 0 Å². The van der Waals surface area contributed by atoms with Gasteiger partial charge < -0.3 is 20.5 Å². The zero-order chi connectivity index (χ0) is 13.0. The maximum absolute atomic E-state index is 10.6. The van der Waals surface area contributed by atoms with E-state index in [4.69, 9.17) is 9.90 Å². The van der Waals surface area contributed by atoms with Gasteiger partial charge in [0.15, 0.2) is 0 Å². The van der Waals surface area contributed by atoms with Crippen molar-refractivity contribution < 1.29 is 19.5 Å². The summed E-state index contributed by atoms with van der Waals surface area (Å²) in [6, 6.07) is -0.758. The summed E-state index contributed by atoms with van der Waals surface area (Å²) in [6.45, 7) is 3.51. The number of carboxylic acid groups (broad SMARTS) is 1. The maximum Gasteiger partial charge on any atom is 0.326 e. The number of aldehydes is 1. The van der Waals surface area contributed by atoms with E-state index >= 15 is 0 Å². The molecule has 0 saturated heterocycles. The molecule has 0 heterocycles. The van der Waals surface area contributed by atoms with E-state index in [9.17, 15) is 9.59 Å². The summed E-state index contributed by atoms with van der Waals surface area (Å²) >= 11 is 0. The van der Waals surface area contributed by atoms with E-state index in [0.29, 0.717) is 6.42 Å². The fraction of sp³-hybridized carbons (Fsp3) is 0.700. The zero-order valence-corrected chi connectivity index (χ0v) is 9.95. The van der Waals surface area contributed by atoms with Gasteiger partial charge in [0.2, 0.25) is 5.91 Å². The summed E-state index contributed by atoms with van der Waals surface area (Å²) in [4.78, 5) is 30.0. The smallest absolute Gasteiger partial charge is 0.326 e. The third-order valence-corrected chi connectivity index (χ3v) is 1.60. The minimum absolute atomic E-state index is 0.308. The lowest BCUT2D eigenvalue weighted by Crippen LogP contribution is -2.39. The molecule has 94 valence electrons. The van der Waals surface area contributed by atoms with E-state index in [1.165, 1.54) is 13.8 Å². The number of aliphatic carboxylic acids is 1. The highest BCUT2D eigenvalue weighted by molar-refractivity contribution is 5.81. The number of amides is 1. The molecule has 6 heteroatoms. The van der Waals surface area contributed by atoms with Crippen LogP contribution in [0.5, 0.6) is 0 Å². The Bertz CT molecular complexity index is 219. The Morgan fingerprint density at radius 2 is 1.94 bits per heavy atom. The van der Waals surface area contributed by atoms with Crippen LogP contribution in [0.15, 0.2) is 0 Å². The largest absolute Gasteiger partial charge is 0.480 e. The molecule has 0 aromatic rings. The second-order valence-corrected chi connectivity index (χ2v) is 3.07. The van der Waals surface area contributed by atoms with Gasteiger partial charge in [0, 0.05) is 6.92 Å². The van der Waals surface area contributed by atoms with E-state index in [2.05, 4.69) is 10.6 Å². The lowest BCUT2D eigenvalue weighted by Gasteiger charge is -2.12. The predicted octanol–water partition coefficient (Wildman–Crippen LogP) is -0.219. The molecule has 3 N–H and O–H groups in total. The molecule has 6 nitrogen and oxygen atoms in total. The lowest BCUT2D eigenvalue weighted by molar-refractivity contribution is -0.141. The van der Waals surface area contributed by atoms with E-state index in [-0.39, 0.29) is 5.91 Å². The van der Waals surface area contributed by atoms with Crippen molar-refractivity contribution in [2.75, 3.05) is 13.6 Å². The molecule has 0 bridgehead atoms. The molecule has 1 unspecified atom stereocenters. The monoisotopic (exact) mass is 232 g/mol. The van der Waals surface area contributed by atoms with Gasteiger partial charge >= 0.3 is 5.97 Å². The van der Waals surface area contributed by atoms with Crippen molar-refractivity contribution in [3.05, 3.63) is 0 Å². The molecule has 0 aliphatic heterocycles. The summed E-state index contributed by atoms with van der Waals surface area (Å²) in [7, 11) is 1.80. The number of nitrogens with one attached hydrogen (secondary N) is 2. The zero-order valence-electron chi connectivity index (χ0n) is 9.95. The van der Waals surface area contributed by atoms with E-state index in [1.807, 2.05) is 0 Å². The lowest BCUT2D eigenvalue weighted by atomic mass is 10.1. The fourth-order valence-corrected chi connectivity index (χ4v) is 0.986. The highest BCUT2D eigenvalue weighted by atomic mass is 16.4. The van der Waals surface area contributed by atoms with Crippen molar-refractivity contribution in [1.29, 1.82) is 0 Å². The number of hydrogen-bond acceptors (Lipinski definition) is 4. The summed E-state index contributed by atoms with van der Waals surface area (Å²) in [5.41, 5.74) is 0. The molecule has 1 amide bonds. The third-order valence-electron chi connectivity index (χ3n) is 1.60. The van der Waals surface area contributed by atoms with Crippen molar-refractivity contribution in [1.82, 2.24) is 10.6 Å². The molecule has 0 spiro atoms. The van der Waals surface area contributed by atoms with Crippen LogP contribution >= 0.6 is 0 Å². The van der Waals surface area contributed by atoms with E-state index in [0.717, 1.165) is 19.3 Å². The van der Waals surface area contributed by atoms with Gasteiger partial charge in [0.05, 0.1) is 0 Å². The molecular weight excluding hydrogens is 212 g/mol. The second-order valence-electron chi connectivity index (χ2n) is 3.07. The van der Waals surface area contributed by atoms with Crippen molar-refractivity contribution in [2.45, 2.75) is 32.7 Å². The first kappa shape index (κ1) is 17.0. The first-order chi connectivity index (χ1) is 7.49. The molecule has 0 aromatic heterocycles. The highest BCUT2D eigenvalue weighted by Crippen LogP contribution is 1.96. The Morgan fingerprint density at radius 1 is 1.44 bits per heavy atom. The molecular formula is C10H20N2O4. The molecule has 0 aliphatic carbocycles. The molecule has 0 saturated carbocycles. The summed E-state index contributed by atoms with van der Waals surface area (Å²) in [5.74, 6) is -1.29. The SMILES string of the molecule is CC=O.CNCCCC(NC(C)=O)C(=O)O. The van der Waals surface area contributed by atoms with Crippen molar-refractivity contribution >= 4 is 18.2 Å². The highest BCUT2D eigenvalue weighted by Gasteiger charge is 2.16. The van der Waals surface area contributed by atoms with Gasteiger partial charge in [-0.15, -0.1) is 0 Å². The van der Waals surface area contributed by atoms with Gasteiger partial charge in [-0.1, -0.05) is 0 Å². The Hall–Kier alpha value is -1.43. The molecule has 0 radical (unpaired) electrons. The quantitative estimate of drug-likeness (QED) is 0.434. The van der Waals surface area contributed by atoms with Crippen LogP contribution in [0.25, 0.3) is 0 Å². The Balaban J connectivity index is 0. The van der Waals surface area contributed by atoms with E-state index < -0.39 is 12.0 Å². The van der Waals surface area contributed by atoms with Crippen LogP contribution < -0.4 is 10.6 Å². The first-order valence-electron chi connectivity index (χ1n) is 5.03. The van der Waals surface area contributed by atoms with Gasteiger partial charge in [-0.2, -0.15) is 0 Å². The third kappa shape index (κ3) is 12.6. The van der Waals surface area contributed by atoms with Crippen LogP contribution in [0.1, 0.15) is 26.7 Å². The number of hydrogen-bond donors (Lipinski definition) is 3. The predicted molar refractivity (Wildman–Crippen MR) is 60.1 cm³/mol. The minimum Gasteiger partial charge on any atom is -0.480 e. The summed E-state index contributed by atoms with van der Waals surface area (Å²) < 4.78 is 0. The Labute approximate surface area is 95.4 Å². The topological polar surface area (TPSA) is 95.5 Å². The number of carbonyl (C=O) groups excluding carboxylic acids is 2.